The molecule has 0 saturated carbocycles. The number of aromatic nitrogens is 2. The molecule has 0 radical (unpaired) electrons. The van der Waals surface area contributed by atoms with Crippen LogP contribution in [-0.4, -0.2) is 22.5 Å². The number of hydrogen-bond donors (Lipinski definition) is 2. The molecule has 0 unspecified atom stereocenters. The Kier molecular flexibility index (Phi) is 5.66. The van der Waals surface area contributed by atoms with Crippen molar-refractivity contribution in [2.45, 2.75) is 13.8 Å². The molecular formula is C23H19Cl2N3O2. The summed E-state index contributed by atoms with van der Waals surface area (Å²) in [6, 6.07) is 16.7. The van der Waals surface area contributed by atoms with Crippen LogP contribution in [0.15, 0.2) is 54.6 Å². The van der Waals surface area contributed by atoms with Gasteiger partial charge >= 0.3 is 0 Å². The molecule has 0 aliphatic carbocycles. The number of carbonyl (C=O) groups excluding carboxylic acids is 1. The van der Waals surface area contributed by atoms with Gasteiger partial charge in [0.15, 0.2) is 5.75 Å². The Morgan fingerprint density at radius 1 is 1.10 bits per heavy atom. The molecule has 0 spiro atoms. The molecule has 1 amide bonds. The highest BCUT2D eigenvalue weighted by molar-refractivity contribution is 6.37. The fourth-order valence-electron chi connectivity index (χ4n) is 3.21. The third kappa shape index (κ3) is 3.99. The van der Waals surface area contributed by atoms with Crippen LogP contribution in [0.25, 0.3) is 22.4 Å². The molecule has 152 valence electrons. The summed E-state index contributed by atoms with van der Waals surface area (Å²) in [6.07, 6.45) is 0. The summed E-state index contributed by atoms with van der Waals surface area (Å²) in [7, 11) is 0. The molecule has 4 rings (SSSR count). The molecule has 0 aliphatic rings. The fourth-order valence-corrected chi connectivity index (χ4v) is 3.80. The van der Waals surface area contributed by atoms with E-state index in [1.807, 2.05) is 56.3 Å². The summed E-state index contributed by atoms with van der Waals surface area (Å²) in [5.41, 5.74) is 4.78. The number of nitrogens with one attached hydrogen (secondary N) is 2. The summed E-state index contributed by atoms with van der Waals surface area (Å²) in [5, 5.41) is 3.51. The van der Waals surface area contributed by atoms with Gasteiger partial charge < -0.3 is 15.0 Å². The average molecular weight is 440 g/mol. The summed E-state index contributed by atoms with van der Waals surface area (Å²) >= 11 is 12.4. The van der Waals surface area contributed by atoms with Gasteiger partial charge in [0.25, 0.3) is 5.91 Å². The summed E-state index contributed by atoms with van der Waals surface area (Å²) in [4.78, 5) is 20.7. The van der Waals surface area contributed by atoms with Gasteiger partial charge in [-0.05, 0) is 61.9 Å². The average Bonchev–Trinajstić information content (AvgIpc) is 3.16. The Balaban J connectivity index is 1.57. The molecule has 0 fully saturated rings. The third-order valence-electron chi connectivity index (χ3n) is 4.69. The van der Waals surface area contributed by atoms with Crippen molar-refractivity contribution in [2.75, 3.05) is 11.9 Å². The lowest BCUT2D eigenvalue weighted by Crippen LogP contribution is -2.13. The first kappa shape index (κ1) is 20.3. The van der Waals surface area contributed by atoms with E-state index in [0.717, 1.165) is 28.0 Å². The van der Waals surface area contributed by atoms with Crippen LogP contribution in [0.5, 0.6) is 5.75 Å². The topological polar surface area (TPSA) is 67.0 Å². The molecule has 0 aliphatic heterocycles. The zero-order valence-electron chi connectivity index (χ0n) is 16.4. The highest BCUT2D eigenvalue weighted by Crippen LogP contribution is 2.34. The normalized spacial score (nSPS) is 10.9. The van der Waals surface area contributed by atoms with Crippen molar-refractivity contribution in [3.05, 3.63) is 75.8 Å². The number of amides is 1. The lowest BCUT2D eigenvalue weighted by atomic mass is 10.1. The number of para-hydroxylation sites is 2. The van der Waals surface area contributed by atoms with E-state index in [2.05, 4.69) is 15.3 Å². The van der Waals surface area contributed by atoms with Crippen molar-refractivity contribution < 1.29 is 9.53 Å². The molecule has 0 atom stereocenters. The zero-order chi connectivity index (χ0) is 21.3. The summed E-state index contributed by atoms with van der Waals surface area (Å²) in [5.74, 6) is 0.854. The highest BCUT2D eigenvalue weighted by Gasteiger charge is 2.15. The predicted octanol–water partition coefficient (Wildman–Crippen LogP) is 6.50. The van der Waals surface area contributed by atoms with Crippen LogP contribution in [0.1, 0.15) is 22.8 Å². The van der Waals surface area contributed by atoms with E-state index in [1.165, 1.54) is 0 Å². The third-order valence-corrected chi connectivity index (χ3v) is 5.25. The number of fused-ring (bicyclic) bond motifs is 1. The van der Waals surface area contributed by atoms with Gasteiger partial charge in [0.2, 0.25) is 0 Å². The van der Waals surface area contributed by atoms with E-state index in [9.17, 15) is 4.79 Å². The van der Waals surface area contributed by atoms with Crippen molar-refractivity contribution in [3.63, 3.8) is 0 Å². The monoisotopic (exact) mass is 439 g/mol. The Hall–Kier alpha value is -3.02. The number of nitrogens with zero attached hydrogens (tertiary/aromatic N) is 1. The number of halogens is 2. The minimum absolute atomic E-state index is 0.298. The quantitative estimate of drug-likeness (QED) is 0.373. The first-order chi connectivity index (χ1) is 14.5. The molecule has 4 aromatic rings. The number of anilines is 1. The van der Waals surface area contributed by atoms with Crippen molar-refractivity contribution >= 4 is 45.8 Å². The number of benzene rings is 3. The SMILES string of the molecule is CCOc1c(Cl)cc(C(=O)Nc2ccc(-c3nc4ccccc4[nH]3)cc2C)cc1Cl. The van der Waals surface area contributed by atoms with Crippen molar-refractivity contribution in [1.82, 2.24) is 9.97 Å². The maximum Gasteiger partial charge on any atom is 0.255 e. The van der Waals surface area contributed by atoms with Crippen LogP contribution in [0.2, 0.25) is 10.0 Å². The number of rotatable bonds is 5. The number of ether oxygens (including phenoxy) is 1. The second-order valence-electron chi connectivity index (χ2n) is 6.79. The highest BCUT2D eigenvalue weighted by atomic mass is 35.5. The Bertz CT molecular complexity index is 1190. The number of carbonyl (C=O) groups is 1. The lowest BCUT2D eigenvalue weighted by Gasteiger charge is -2.12. The van der Waals surface area contributed by atoms with Gasteiger partial charge in [-0.3, -0.25) is 4.79 Å². The van der Waals surface area contributed by atoms with Crippen LogP contribution in [0.4, 0.5) is 5.69 Å². The van der Waals surface area contributed by atoms with Crippen LogP contribution in [-0.2, 0) is 0 Å². The van der Waals surface area contributed by atoms with Crippen LogP contribution in [0.3, 0.4) is 0 Å². The maximum absolute atomic E-state index is 12.7. The van der Waals surface area contributed by atoms with Gasteiger partial charge in [0.05, 0.1) is 27.7 Å². The van der Waals surface area contributed by atoms with E-state index in [0.29, 0.717) is 33.7 Å². The number of aromatic amines is 1. The first-order valence-electron chi connectivity index (χ1n) is 9.45. The number of H-pyrrole nitrogens is 1. The van der Waals surface area contributed by atoms with Gasteiger partial charge in [0, 0.05) is 16.8 Å². The minimum atomic E-state index is -0.304. The first-order valence-corrected chi connectivity index (χ1v) is 10.2. The Morgan fingerprint density at radius 3 is 2.50 bits per heavy atom. The Labute approximate surface area is 184 Å². The van der Waals surface area contributed by atoms with E-state index >= 15 is 0 Å². The van der Waals surface area contributed by atoms with E-state index in [4.69, 9.17) is 27.9 Å². The van der Waals surface area contributed by atoms with E-state index in [-0.39, 0.29) is 5.91 Å². The lowest BCUT2D eigenvalue weighted by molar-refractivity contribution is 0.102. The maximum atomic E-state index is 12.7. The predicted molar refractivity (Wildman–Crippen MR) is 122 cm³/mol. The second kappa shape index (κ2) is 8.38. The largest absolute Gasteiger partial charge is 0.491 e. The summed E-state index contributed by atoms with van der Waals surface area (Å²) < 4.78 is 5.41. The molecule has 1 aromatic heterocycles. The van der Waals surface area contributed by atoms with Gasteiger partial charge in [-0.2, -0.15) is 0 Å². The molecule has 30 heavy (non-hydrogen) atoms. The minimum Gasteiger partial charge on any atom is -0.491 e. The molecule has 0 saturated heterocycles. The Morgan fingerprint density at radius 2 is 1.83 bits per heavy atom. The number of aryl methyl sites for hydroxylation is 1. The van der Waals surface area contributed by atoms with Crippen molar-refractivity contribution in [1.29, 1.82) is 0 Å². The van der Waals surface area contributed by atoms with Crippen LogP contribution >= 0.6 is 23.2 Å². The molecule has 1 heterocycles. The molecule has 0 bridgehead atoms. The number of imidazole rings is 1. The van der Waals surface area contributed by atoms with E-state index in [1.54, 1.807) is 12.1 Å². The summed E-state index contributed by atoms with van der Waals surface area (Å²) in [6.45, 7) is 4.20. The molecule has 5 nitrogen and oxygen atoms in total. The molecule has 7 heteroatoms. The van der Waals surface area contributed by atoms with E-state index < -0.39 is 0 Å². The molecule has 2 N–H and O–H groups in total. The second-order valence-corrected chi connectivity index (χ2v) is 7.60. The van der Waals surface area contributed by atoms with Crippen LogP contribution < -0.4 is 10.1 Å². The molecule has 3 aromatic carbocycles. The van der Waals surface area contributed by atoms with Gasteiger partial charge in [-0.15, -0.1) is 0 Å². The standard InChI is InChI=1S/C23H19Cl2N3O2/c1-3-30-21-16(24)11-15(12-17(21)25)23(29)28-18-9-8-14(10-13(18)2)22-26-19-6-4-5-7-20(19)27-22/h4-12H,3H2,1-2H3,(H,26,27)(H,28,29). The van der Waals surface area contributed by atoms with Gasteiger partial charge in [-0.1, -0.05) is 35.3 Å². The van der Waals surface area contributed by atoms with Gasteiger partial charge in [-0.25, -0.2) is 4.98 Å². The number of hydrogen-bond acceptors (Lipinski definition) is 3. The molecular weight excluding hydrogens is 421 g/mol. The van der Waals surface area contributed by atoms with Crippen LogP contribution in [0, 0.1) is 6.92 Å². The van der Waals surface area contributed by atoms with Gasteiger partial charge in [0.1, 0.15) is 5.82 Å². The fraction of sp³-hybridized carbons (Fsp3) is 0.130. The smallest absolute Gasteiger partial charge is 0.255 e. The zero-order valence-corrected chi connectivity index (χ0v) is 17.9. The van der Waals surface area contributed by atoms with Crippen molar-refractivity contribution in [3.8, 4) is 17.1 Å². The van der Waals surface area contributed by atoms with Crippen molar-refractivity contribution in [2.24, 2.45) is 0 Å².